The topological polar surface area (TPSA) is 67.8 Å². The van der Waals surface area contributed by atoms with E-state index in [-0.39, 0.29) is 11.7 Å². The van der Waals surface area contributed by atoms with E-state index in [1.165, 1.54) is 5.69 Å². The maximum Gasteiger partial charge on any atom is 0.225 e. The fraction of sp³-hybridized carbons (Fsp3) is 0.370. The highest BCUT2D eigenvalue weighted by atomic mass is 16.5. The summed E-state index contributed by atoms with van der Waals surface area (Å²) in [5.41, 5.74) is 4.71. The first kappa shape index (κ1) is 22.2. The second-order valence-electron chi connectivity index (χ2n) is 8.90. The number of hydrogen-bond donors (Lipinski definition) is 0. The van der Waals surface area contributed by atoms with Crippen molar-refractivity contribution >= 4 is 17.4 Å². The van der Waals surface area contributed by atoms with Crippen molar-refractivity contribution < 1.29 is 14.3 Å². The molecule has 0 amide bonds. The summed E-state index contributed by atoms with van der Waals surface area (Å²) >= 11 is 0. The minimum absolute atomic E-state index is 0.125. The monoisotopic (exact) mass is 458 g/mol. The van der Waals surface area contributed by atoms with Crippen LogP contribution < -0.4 is 19.3 Å². The molecule has 1 aromatic heterocycles. The number of anilines is 2. The van der Waals surface area contributed by atoms with Gasteiger partial charge in [-0.05, 0) is 61.2 Å². The Morgan fingerprint density at radius 2 is 1.38 bits per heavy atom. The Kier molecular flexibility index (Phi) is 6.09. The van der Waals surface area contributed by atoms with Crippen LogP contribution in [0.3, 0.4) is 0 Å². The summed E-state index contributed by atoms with van der Waals surface area (Å²) in [6.07, 6.45) is 1.24. The summed E-state index contributed by atoms with van der Waals surface area (Å²) in [4.78, 5) is 27.3. The molecule has 0 saturated carbocycles. The van der Waals surface area contributed by atoms with E-state index in [1.54, 1.807) is 14.2 Å². The molecule has 3 aromatic rings. The highest BCUT2D eigenvalue weighted by Crippen LogP contribution is 2.34. The third kappa shape index (κ3) is 4.30. The van der Waals surface area contributed by atoms with Crippen LogP contribution in [0.2, 0.25) is 0 Å². The number of hydrogen-bond acceptors (Lipinski definition) is 7. The Bertz CT molecular complexity index is 1170. The minimum Gasteiger partial charge on any atom is -0.497 e. The molecule has 1 atom stereocenters. The van der Waals surface area contributed by atoms with Gasteiger partial charge in [0.1, 0.15) is 11.5 Å². The van der Waals surface area contributed by atoms with Gasteiger partial charge in [0.05, 0.1) is 31.2 Å². The number of fused-ring (bicyclic) bond motifs is 1. The number of benzene rings is 2. The van der Waals surface area contributed by atoms with Gasteiger partial charge < -0.3 is 19.3 Å². The first-order valence-corrected chi connectivity index (χ1v) is 11.7. The average Bonchev–Trinajstić information content (AvgIpc) is 2.88. The number of carbonyl (C=O) groups excluding carboxylic acids is 1. The van der Waals surface area contributed by atoms with Crippen molar-refractivity contribution in [2.75, 3.05) is 50.2 Å². The van der Waals surface area contributed by atoms with Crippen LogP contribution in [0.5, 0.6) is 11.5 Å². The normalized spacial score (nSPS) is 18.0. The summed E-state index contributed by atoms with van der Waals surface area (Å²) in [5, 5.41) is 0. The standard InChI is InChI=1S/C27H30N4O3/c1-18-26-24(16-20(17-25(26)32)19-4-8-22(33-2)9-5-19)29-27(28-18)31-14-12-30(13-15-31)21-6-10-23(34-3)11-7-21/h4-11,20H,12-17H2,1-3H3. The van der Waals surface area contributed by atoms with E-state index in [1.807, 2.05) is 31.2 Å². The summed E-state index contributed by atoms with van der Waals surface area (Å²) in [6.45, 7) is 5.38. The summed E-state index contributed by atoms with van der Waals surface area (Å²) in [5.74, 6) is 2.67. The molecule has 0 spiro atoms. The van der Waals surface area contributed by atoms with Gasteiger partial charge in [-0.25, -0.2) is 9.97 Å². The van der Waals surface area contributed by atoms with E-state index in [2.05, 4.69) is 34.1 Å². The van der Waals surface area contributed by atoms with Gasteiger partial charge in [0.25, 0.3) is 0 Å². The van der Waals surface area contributed by atoms with Crippen LogP contribution in [0, 0.1) is 6.92 Å². The van der Waals surface area contributed by atoms with Crippen molar-refractivity contribution in [1.29, 1.82) is 0 Å². The predicted octanol–water partition coefficient (Wildman–Crippen LogP) is 4.04. The van der Waals surface area contributed by atoms with Crippen molar-refractivity contribution in [2.45, 2.75) is 25.7 Å². The lowest BCUT2D eigenvalue weighted by molar-refractivity contribution is 0.0962. The van der Waals surface area contributed by atoms with Crippen LogP contribution in [-0.4, -0.2) is 56.1 Å². The number of aryl methyl sites for hydroxylation is 1. The molecule has 1 aliphatic heterocycles. The Morgan fingerprint density at radius 3 is 2.00 bits per heavy atom. The number of ether oxygens (including phenoxy) is 2. The van der Waals surface area contributed by atoms with Crippen LogP contribution in [-0.2, 0) is 6.42 Å². The van der Waals surface area contributed by atoms with Crippen molar-refractivity contribution in [3.8, 4) is 11.5 Å². The van der Waals surface area contributed by atoms with Gasteiger partial charge in [0.15, 0.2) is 5.78 Å². The molecule has 34 heavy (non-hydrogen) atoms. The number of nitrogens with zero attached hydrogens (tertiary/aromatic N) is 4. The molecule has 1 unspecified atom stereocenters. The van der Waals surface area contributed by atoms with Gasteiger partial charge in [0, 0.05) is 38.3 Å². The maximum atomic E-state index is 13.0. The Balaban J connectivity index is 1.32. The number of rotatable bonds is 5. The number of Topliss-reactive ketones (excluding diaryl/α,β-unsaturated/α-hetero) is 1. The second kappa shape index (κ2) is 9.33. The molecule has 1 aliphatic carbocycles. The molecule has 0 N–H and O–H groups in total. The molecule has 2 aliphatic rings. The quantitative estimate of drug-likeness (QED) is 0.572. The van der Waals surface area contributed by atoms with E-state index < -0.39 is 0 Å². The third-order valence-electron chi connectivity index (χ3n) is 6.89. The molecule has 0 bridgehead atoms. The Morgan fingerprint density at radius 1 is 0.794 bits per heavy atom. The third-order valence-corrected chi connectivity index (χ3v) is 6.89. The Hall–Kier alpha value is -3.61. The largest absolute Gasteiger partial charge is 0.497 e. The molecule has 176 valence electrons. The van der Waals surface area contributed by atoms with Crippen LogP contribution in [0.1, 0.15) is 39.6 Å². The van der Waals surface area contributed by atoms with Gasteiger partial charge in [-0.3, -0.25) is 4.79 Å². The van der Waals surface area contributed by atoms with Crippen molar-refractivity contribution in [1.82, 2.24) is 9.97 Å². The lowest BCUT2D eigenvalue weighted by Crippen LogP contribution is -2.47. The molecule has 5 rings (SSSR count). The molecular weight excluding hydrogens is 428 g/mol. The molecule has 2 heterocycles. The zero-order chi connectivity index (χ0) is 23.7. The van der Waals surface area contributed by atoms with Crippen LogP contribution >= 0.6 is 0 Å². The predicted molar refractivity (Wildman–Crippen MR) is 133 cm³/mol. The first-order chi connectivity index (χ1) is 16.6. The highest BCUT2D eigenvalue weighted by molar-refractivity contribution is 5.99. The zero-order valence-electron chi connectivity index (χ0n) is 20.0. The van der Waals surface area contributed by atoms with Crippen LogP contribution in [0.4, 0.5) is 11.6 Å². The van der Waals surface area contributed by atoms with E-state index >= 15 is 0 Å². The van der Waals surface area contributed by atoms with E-state index in [0.717, 1.165) is 67.0 Å². The SMILES string of the molecule is COc1ccc(C2CC(=O)c3c(C)nc(N4CCN(c5ccc(OC)cc5)CC4)nc3C2)cc1. The molecule has 2 aromatic carbocycles. The molecule has 1 fully saturated rings. The van der Waals surface area contributed by atoms with E-state index in [9.17, 15) is 4.79 Å². The number of piperazine rings is 1. The molecule has 0 radical (unpaired) electrons. The number of aromatic nitrogens is 2. The lowest BCUT2D eigenvalue weighted by atomic mass is 9.81. The van der Waals surface area contributed by atoms with Gasteiger partial charge in [-0.1, -0.05) is 12.1 Å². The number of carbonyl (C=O) groups is 1. The van der Waals surface area contributed by atoms with Gasteiger partial charge in [-0.15, -0.1) is 0 Å². The minimum atomic E-state index is 0.125. The Labute approximate surface area is 200 Å². The van der Waals surface area contributed by atoms with Gasteiger partial charge in [0.2, 0.25) is 5.95 Å². The van der Waals surface area contributed by atoms with E-state index in [4.69, 9.17) is 19.4 Å². The summed E-state index contributed by atoms with van der Waals surface area (Å²) in [6, 6.07) is 16.2. The van der Waals surface area contributed by atoms with Crippen molar-refractivity contribution in [2.24, 2.45) is 0 Å². The highest BCUT2D eigenvalue weighted by Gasteiger charge is 2.31. The fourth-order valence-corrected chi connectivity index (χ4v) is 4.97. The summed E-state index contributed by atoms with van der Waals surface area (Å²) < 4.78 is 10.5. The van der Waals surface area contributed by atoms with Crippen molar-refractivity contribution in [3.05, 3.63) is 71.0 Å². The van der Waals surface area contributed by atoms with Crippen molar-refractivity contribution in [3.63, 3.8) is 0 Å². The smallest absolute Gasteiger partial charge is 0.225 e. The second-order valence-corrected chi connectivity index (χ2v) is 8.90. The molecule has 1 saturated heterocycles. The van der Waals surface area contributed by atoms with Crippen LogP contribution in [0.15, 0.2) is 48.5 Å². The first-order valence-electron chi connectivity index (χ1n) is 11.7. The van der Waals surface area contributed by atoms with Crippen LogP contribution in [0.25, 0.3) is 0 Å². The zero-order valence-corrected chi connectivity index (χ0v) is 20.0. The number of methoxy groups -OCH3 is 2. The lowest BCUT2D eigenvalue weighted by Gasteiger charge is -2.36. The average molecular weight is 459 g/mol. The van der Waals surface area contributed by atoms with Gasteiger partial charge >= 0.3 is 0 Å². The molecule has 7 heteroatoms. The molecular formula is C27H30N4O3. The maximum absolute atomic E-state index is 13.0. The summed E-state index contributed by atoms with van der Waals surface area (Å²) in [7, 11) is 3.34. The molecule has 7 nitrogen and oxygen atoms in total. The van der Waals surface area contributed by atoms with E-state index in [0.29, 0.717) is 12.0 Å². The number of ketones is 1. The fourth-order valence-electron chi connectivity index (χ4n) is 4.97. The van der Waals surface area contributed by atoms with Gasteiger partial charge in [-0.2, -0.15) is 0 Å².